The maximum atomic E-state index is 12.1. The molecule has 0 aliphatic carbocycles. The molecule has 0 saturated heterocycles. The Morgan fingerprint density at radius 3 is 2.43 bits per heavy atom. The first-order chi connectivity index (χ1) is 9.78. The summed E-state index contributed by atoms with van der Waals surface area (Å²) in [7, 11) is -3.58. The van der Waals surface area contributed by atoms with Gasteiger partial charge in [0.2, 0.25) is 0 Å². The van der Waals surface area contributed by atoms with Gasteiger partial charge in [-0.1, -0.05) is 30.3 Å². The van der Waals surface area contributed by atoms with Gasteiger partial charge in [-0.2, -0.15) is 5.10 Å². The van der Waals surface area contributed by atoms with Gasteiger partial charge in [0.15, 0.2) is 0 Å². The van der Waals surface area contributed by atoms with Crippen LogP contribution < -0.4 is 4.72 Å². The number of hydrogen-bond acceptors (Lipinski definition) is 3. The van der Waals surface area contributed by atoms with Gasteiger partial charge in [0.25, 0.3) is 10.0 Å². The van der Waals surface area contributed by atoms with Gasteiger partial charge in [-0.3, -0.25) is 4.72 Å². The minimum absolute atomic E-state index is 0.301. The zero-order valence-electron chi connectivity index (χ0n) is 12.3. The fourth-order valence-electron chi connectivity index (χ4n) is 1.83. The predicted molar refractivity (Wildman–Crippen MR) is 85.2 cm³/mol. The molecule has 0 aliphatic rings. The molecule has 21 heavy (non-hydrogen) atoms. The van der Waals surface area contributed by atoms with Gasteiger partial charge in [-0.05, 0) is 32.4 Å². The zero-order chi connectivity index (χ0) is 15.5. The topological polar surface area (TPSA) is 64.0 Å². The van der Waals surface area contributed by atoms with Crippen molar-refractivity contribution in [2.24, 2.45) is 0 Å². The second-order valence-electron chi connectivity index (χ2n) is 5.66. The minimum Gasteiger partial charge on any atom is -0.264 e. The first kappa shape index (κ1) is 15.3. The molecule has 112 valence electrons. The number of nitrogens with zero attached hydrogens (tertiary/aromatic N) is 2. The molecule has 0 atom stereocenters. The van der Waals surface area contributed by atoms with E-state index in [-0.39, 0.29) is 5.54 Å². The zero-order valence-corrected chi connectivity index (χ0v) is 13.1. The molecule has 1 heterocycles. The summed E-state index contributed by atoms with van der Waals surface area (Å²) in [5.74, 6) is 0.445. The third-order valence-corrected chi connectivity index (χ3v) is 3.75. The molecule has 1 aromatic heterocycles. The Balaban J connectivity index is 2.19. The minimum atomic E-state index is -3.58. The standard InChI is InChI=1S/C15H19N3O2S/c1-15(2,3)18-14(9-11-16-18)17-21(19,20)12-10-13-7-5-4-6-8-13/h4-12,17H,1-3H3. The molecular formula is C15H19N3O2S. The molecule has 0 fully saturated rings. The van der Waals surface area contributed by atoms with Crippen LogP contribution in [0.2, 0.25) is 0 Å². The fraction of sp³-hybridized carbons (Fsp3) is 0.267. The van der Waals surface area contributed by atoms with Gasteiger partial charge >= 0.3 is 0 Å². The van der Waals surface area contributed by atoms with E-state index in [0.717, 1.165) is 11.0 Å². The van der Waals surface area contributed by atoms with Crippen molar-refractivity contribution in [3.05, 3.63) is 53.6 Å². The third-order valence-electron chi connectivity index (χ3n) is 2.76. The van der Waals surface area contributed by atoms with Gasteiger partial charge in [-0.25, -0.2) is 13.1 Å². The molecule has 0 bridgehead atoms. The lowest BCUT2D eigenvalue weighted by Gasteiger charge is -2.22. The van der Waals surface area contributed by atoms with Crippen molar-refractivity contribution in [2.75, 3.05) is 4.72 Å². The van der Waals surface area contributed by atoms with Gasteiger partial charge in [0, 0.05) is 6.07 Å². The van der Waals surface area contributed by atoms with E-state index in [1.54, 1.807) is 23.0 Å². The van der Waals surface area contributed by atoms with E-state index in [1.165, 1.54) is 0 Å². The fourth-order valence-corrected chi connectivity index (χ4v) is 2.68. The highest BCUT2D eigenvalue weighted by atomic mass is 32.2. The molecule has 0 amide bonds. The second-order valence-corrected chi connectivity index (χ2v) is 7.23. The van der Waals surface area contributed by atoms with E-state index < -0.39 is 10.0 Å². The molecule has 0 aliphatic heterocycles. The van der Waals surface area contributed by atoms with Crippen LogP contribution in [0.5, 0.6) is 0 Å². The van der Waals surface area contributed by atoms with E-state index in [9.17, 15) is 8.42 Å². The Hall–Kier alpha value is -2.08. The lowest BCUT2D eigenvalue weighted by molar-refractivity contribution is 0.361. The number of nitrogens with one attached hydrogen (secondary N) is 1. The highest BCUT2D eigenvalue weighted by molar-refractivity contribution is 7.95. The van der Waals surface area contributed by atoms with Crippen molar-refractivity contribution in [3.8, 4) is 0 Å². The van der Waals surface area contributed by atoms with Gasteiger partial charge in [0.1, 0.15) is 5.82 Å². The summed E-state index contributed by atoms with van der Waals surface area (Å²) in [6.07, 6.45) is 3.13. The Bertz CT molecular complexity index is 726. The first-order valence-electron chi connectivity index (χ1n) is 6.58. The highest BCUT2D eigenvalue weighted by Gasteiger charge is 2.19. The Morgan fingerprint density at radius 1 is 1.14 bits per heavy atom. The lowest BCUT2D eigenvalue weighted by atomic mass is 10.1. The average molecular weight is 305 g/mol. The summed E-state index contributed by atoms with van der Waals surface area (Å²) < 4.78 is 28.4. The molecule has 0 unspecified atom stereocenters. The summed E-state index contributed by atoms with van der Waals surface area (Å²) in [4.78, 5) is 0. The predicted octanol–water partition coefficient (Wildman–Crippen LogP) is 3.05. The number of aromatic nitrogens is 2. The quantitative estimate of drug-likeness (QED) is 0.944. The van der Waals surface area contributed by atoms with Gasteiger partial charge in [0.05, 0.1) is 17.1 Å². The second kappa shape index (κ2) is 5.73. The number of anilines is 1. The molecule has 1 N–H and O–H groups in total. The van der Waals surface area contributed by atoms with E-state index in [2.05, 4.69) is 9.82 Å². The summed E-state index contributed by atoms with van der Waals surface area (Å²) in [6, 6.07) is 10.9. The number of sulfonamides is 1. The van der Waals surface area contributed by atoms with Crippen molar-refractivity contribution >= 4 is 21.9 Å². The molecule has 5 nitrogen and oxygen atoms in total. The van der Waals surface area contributed by atoms with Gasteiger partial charge < -0.3 is 0 Å². The van der Waals surface area contributed by atoms with E-state index >= 15 is 0 Å². The van der Waals surface area contributed by atoms with Crippen molar-refractivity contribution < 1.29 is 8.42 Å². The van der Waals surface area contributed by atoms with E-state index in [1.807, 2.05) is 51.1 Å². The maximum Gasteiger partial charge on any atom is 0.256 e. The lowest BCUT2D eigenvalue weighted by Crippen LogP contribution is -2.26. The maximum absolute atomic E-state index is 12.1. The molecule has 1 aromatic carbocycles. The number of hydrogen-bond donors (Lipinski definition) is 1. The smallest absolute Gasteiger partial charge is 0.256 e. The van der Waals surface area contributed by atoms with Crippen LogP contribution in [0.25, 0.3) is 6.08 Å². The van der Waals surface area contributed by atoms with Crippen LogP contribution >= 0.6 is 0 Å². The van der Waals surface area contributed by atoms with Crippen molar-refractivity contribution in [1.29, 1.82) is 0 Å². The first-order valence-corrected chi connectivity index (χ1v) is 8.13. The summed E-state index contributed by atoms with van der Waals surface area (Å²) >= 11 is 0. The molecule has 0 saturated carbocycles. The molecule has 0 spiro atoms. The Kier molecular flexibility index (Phi) is 4.18. The largest absolute Gasteiger partial charge is 0.264 e. The number of rotatable bonds is 4. The molecule has 6 heteroatoms. The third kappa shape index (κ3) is 4.19. The van der Waals surface area contributed by atoms with Crippen LogP contribution in [0.1, 0.15) is 26.3 Å². The van der Waals surface area contributed by atoms with Crippen LogP contribution in [0.4, 0.5) is 5.82 Å². The Morgan fingerprint density at radius 2 is 1.81 bits per heavy atom. The average Bonchev–Trinajstić information content (AvgIpc) is 2.85. The van der Waals surface area contributed by atoms with Crippen LogP contribution in [-0.4, -0.2) is 18.2 Å². The molecular weight excluding hydrogens is 286 g/mol. The molecule has 2 rings (SSSR count). The van der Waals surface area contributed by atoms with Crippen LogP contribution in [-0.2, 0) is 15.6 Å². The summed E-state index contributed by atoms with van der Waals surface area (Å²) in [6.45, 7) is 5.87. The SMILES string of the molecule is CC(C)(C)n1nccc1NS(=O)(=O)C=Cc1ccccc1. The Labute approximate surface area is 125 Å². The van der Waals surface area contributed by atoms with E-state index in [4.69, 9.17) is 0 Å². The van der Waals surface area contributed by atoms with Crippen LogP contribution in [0.15, 0.2) is 48.0 Å². The normalized spacial score (nSPS) is 12.7. The molecule has 2 aromatic rings. The van der Waals surface area contributed by atoms with Crippen molar-refractivity contribution in [1.82, 2.24) is 9.78 Å². The molecule has 0 radical (unpaired) electrons. The van der Waals surface area contributed by atoms with Crippen LogP contribution in [0.3, 0.4) is 0 Å². The van der Waals surface area contributed by atoms with Crippen LogP contribution in [0, 0.1) is 0 Å². The number of benzene rings is 1. The summed E-state index contributed by atoms with van der Waals surface area (Å²) in [5.41, 5.74) is 0.525. The van der Waals surface area contributed by atoms with Crippen molar-refractivity contribution in [2.45, 2.75) is 26.3 Å². The van der Waals surface area contributed by atoms with E-state index in [0.29, 0.717) is 5.82 Å². The highest BCUT2D eigenvalue weighted by Crippen LogP contribution is 2.20. The van der Waals surface area contributed by atoms with Crippen molar-refractivity contribution in [3.63, 3.8) is 0 Å². The van der Waals surface area contributed by atoms with Gasteiger partial charge in [-0.15, -0.1) is 0 Å². The summed E-state index contributed by atoms with van der Waals surface area (Å²) in [5, 5.41) is 5.31. The monoisotopic (exact) mass is 305 g/mol.